The van der Waals surface area contributed by atoms with Crippen molar-refractivity contribution in [1.82, 2.24) is 10.2 Å². The normalized spacial score (nSPS) is 36.5. The molecule has 1 amide bonds. The third-order valence-corrected chi connectivity index (χ3v) is 9.74. The summed E-state index contributed by atoms with van der Waals surface area (Å²) in [6.07, 6.45) is -0.159. The maximum Gasteiger partial charge on any atom is 0.333 e. The number of ketones is 1. The standard InChI is InChI=1S/C23H35N3O6S/c1-12-16-17(13(2)28)20(29)18(16)19(23(31)32)21(12)33-14-10-15(24-11-14)22(30)25-4-6-26(3,7-5-25)8-9-27/h12-18,24,27-28H,4-11H2,1-3H3/p+1/t12-,13-,14+,15+,16-,17-,18?/m1/s1. The quantitative estimate of drug-likeness (QED) is 0.359. The van der Waals surface area contributed by atoms with Crippen molar-refractivity contribution in [3.63, 3.8) is 0 Å². The zero-order chi connectivity index (χ0) is 24.1. The summed E-state index contributed by atoms with van der Waals surface area (Å²) in [5.74, 6) is -2.49. The molecule has 0 aromatic carbocycles. The summed E-state index contributed by atoms with van der Waals surface area (Å²) >= 11 is 1.50. The summed E-state index contributed by atoms with van der Waals surface area (Å²) in [4.78, 5) is 40.3. The number of amides is 1. The SMILES string of the molecule is C[C@@H](O)[C@H]1C(=O)C2C(C(=O)O)=C(S[C@@H]3CN[C@H](C(=O)N4CC[N+](C)(CCO)CC4)C3)[C@H](C)[C@@H]21. The zero-order valence-electron chi connectivity index (χ0n) is 19.6. The Morgan fingerprint density at radius 2 is 1.97 bits per heavy atom. The van der Waals surface area contributed by atoms with E-state index in [1.807, 2.05) is 11.8 Å². The number of thioether (sulfide) groups is 1. The second kappa shape index (κ2) is 9.30. The molecule has 7 atom stereocenters. The number of carbonyl (C=O) groups excluding carboxylic acids is 2. The van der Waals surface area contributed by atoms with Crippen LogP contribution >= 0.6 is 11.8 Å². The fourth-order valence-corrected chi connectivity index (χ4v) is 7.71. The Balaban J connectivity index is 1.39. The van der Waals surface area contributed by atoms with Crippen molar-refractivity contribution in [3.8, 4) is 0 Å². The van der Waals surface area contributed by atoms with Crippen molar-refractivity contribution in [1.29, 1.82) is 0 Å². The highest BCUT2D eigenvalue weighted by atomic mass is 32.2. The van der Waals surface area contributed by atoms with Gasteiger partial charge in [-0.3, -0.25) is 9.59 Å². The molecule has 184 valence electrons. The Morgan fingerprint density at radius 3 is 2.55 bits per heavy atom. The first-order valence-corrected chi connectivity index (χ1v) is 12.8. The molecule has 1 unspecified atom stereocenters. The molecule has 0 aromatic rings. The van der Waals surface area contributed by atoms with Crippen molar-refractivity contribution >= 4 is 29.4 Å². The van der Waals surface area contributed by atoms with E-state index in [4.69, 9.17) is 0 Å². The number of aliphatic hydroxyl groups is 2. The van der Waals surface area contributed by atoms with E-state index in [0.717, 1.165) is 22.5 Å². The molecular weight excluding hydrogens is 446 g/mol. The van der Waals surface area contributed by atoms with Gasteiger partial charge in [0.25, 0.3) is 0 Å². The molecule has 4 N–H and O–H groups in total. The average molecular weight is 483 g/mol. The number of carbonyl (C=O) groups is 3. The second-order valence-electron chi connectivity index (χ2n) is 10.4. The van der Waals surface area contributed by atoms with Crippen LogP contribution in [0.4, 0.5) is 0 Å². The van der Waals surface area contributed by atoms with Crippen LogP contribution in [-0.4, -0.2) is 113 Å². The third-order valence-electron chi connectivity index (χ3n) is 8.21. The van der Waals surface area contributed by atoms with Crippen LogP contribution in [-0.2, 0) is 14.4 Å². The van der Waals surface area contributed by atoms with Gasteiger partial charge in [0.15, 0.2) is 0 Å². The number of nitrogens with one attached hydrogen (secondary N) is 1. The molecule has 2 aliphatic carbocycles. The van der Waals surface area contributed by atoms with Gasteiger partial charge in [0.2, 0.25) is 5.91 Å². The number of Topliss-reactive ketones (excluding diaryl/α,β-unsaturated/α-hetero) is 1. The number of nitrogens with zero attached hydrogens (tertiary/aromatic N) is 2. The fourth-order valence-electron chi connectivity index (χ4n) is 6.17. The summed E-state index contributed by atoms with van der Waals surface area (Å²) in [5, 5.41) is 32.5. The molecule has 2 saturated heterocycles. The number of allylic oxidation sites excluding steroid dienone is 1. The maximum absolute atomic E-state index is 13.1. The monoisotopic (exact) mass is 482 g/mol. The lowest BCUT2D eigenvalue weighted by Crippen LogP contribution is -2.60. The van der Waals surface area contributed by atoms with Crippen LogP contribution in [0.25, 0.3) is 0 Å². The van der Waals surface area contributed by atoms with Gasteiger partial charge >= 0.3 is 5.97 Å². The van der Waals surface area contributed by atoms with Crippen LogP contribution in [0.5, 0.6) is 0 Å². The molecule has 0 radical (unpaired) electrons. The highest BCUT2D eigenvalue weighted by molar-refractivity contribution is 8.03. The first kappa shape index (κ1) is 24.7. The van der Waals surface area contributed by atoms with E-state index in [-0.39, 0.29) is 47.0 Å². The lowest BCUT2D eigenvalue weighted by molar-refractivity contribution is -0.913. The Labute approximate surface area is 198 Å². The van der Waals surface area contributed by atoms with Crippen LogP contribution in [0, 0.1) is 23.7 Å². The van der Waals surface area contributed by atoms with Gasteiger partial charge in [-0.25, -0.2) is 4.79 Å². The maximum atomic E-state index is 13.1. The number of rotatable bonds is 7. The molecule has 33 heavy (non-hydrogen) atoms. The lowest BCUT2D eigenvalue weighted by atomic mass is 9.59. The molecule has 9 nitrogen and oxygen atoms in total. The van der Waals surface area contributed by atoms with Gasteiger partial charge < -0.3 is 30.0 Å². The minimum absolute atomic E-state index is 0.0589. The molecular formula is C23H36N3O6S+. The van der Waals surface area contributed by atoms with E-state index in [2.05, 4.69) is 12.4 Å². The Hall–Kier alpha value is -1.46. The largest absolute Gasteiger partial charge is 0.478 e. The van der Waals surface area contributed by atoms with E-state index < -0.39 is 23.9 Å². The van der Waals surface area contributed by atoms with Gasteiger partial charge in [-0.15, -0.1) is 11.8 Å². The van der Waals surface area contributed by atoms with Crippen molar-refractivity contribution < 1.29 is 34.2 Å². The van der Waals surface area contributed by atoms with Gasteiger partial charge in [-0.1, -0.05) is 6.92 Å². The predicted octanol–water partition coefficient (Wildman–Crippen LogP) is -0.468. The Bertz CT molecular complexity index is 853. The number of hydrogen-bond donors (Lipinski definition) is 4. The summed E-state index contributed by atoms with van der Waals surface area (Å²) in [5.41, 5.74) is 0.200. The van der Waals surface area contributed by atoms with Crippen molar-refractivity contribution in [3.05, 3.63) is 10.5 Å². The predicted molar refractivity (Wildman–Crippen MR) is 123 cm³/mol. The number of quaternary nitrogens is 1. The molecule has 3 fully saturated rings. The smallest absolute Gasteiger partial charge is 0.333 e. The second-order valence-corrected chi connectivity index (χ2v) is 11.7. The summed E-state index contributed by atoms with van der Waals surface area (Å²) in [6.45, 7) is 7.99. The van der Waals surface area contributed by atoms with E-state index >= 15 is 0 Å². The highest BCUT2D eigenvalue weighted by Crippen LogP contribution is 2.58. The first-order valence-electron chi connectivity index (χ1n) is 11.9. The van der Waals surface area contributed by atoms with Crippen molar-refractivity contribution in [2.45, 2.75) is 37.7 Å². The Morgan fingerprint density at radius 1 is 1.30 bits per heavy atom. The zero-order valence-corrected chi connectivity index (χ0v) is 20.4. The first-order chi connectivity index (χ1) is 15.6. The highest BCUT2D eigenvalue weighted by Gasteiger charge is 2.61. The summed E-state index contributed by atoms with van der Waals surface area (Å²) < 4.78 is 0.773. The molecule has 2 heterocycles. The lowest BCUT2D eigenvalue weighted by Gasteiger charge is -2.43. The van der Waals surface area contributed by atoms with Crippen molar-refractivity contribution in [2.24, 2.45) is 23.7 Å². The molecule has 4 aliphatic rings. The fraction of sp³-hybridized carbons (Fsp3) is 0.783. The van der Waals surface area contributed by atoms with Crippen LogP contribution in [0.15, 0.2) is 10.5 Å². The van der Waals surface area contributed by atoms with Crippen LogP contribution < -0.4 is 5.32 Å². The molecule has 0 aromatic heterocycles. The molecule has 10 heteroatoms. The van der Waals surface area contributed by atoms with E-state index in [9.17, 15) is 29.7 Å². The topological polar surface area (TPSA) is 127 Å². The minimum atomic E-state index is -1.05. The number of likely N-dealkylation sites (N-methyl/N-ethyl adjacent to an activating group) is 1. The average Bonchev–Trinajstić information content (AvgIpc) is 3.30. The van der Waals surface area contributed by atoms with Gasteiger partial charge in [0.05, 0.1) is 63.5 Å². The number of aliphatic hydroxyl groups excluding tert-OH is 2. The van der Waals surface area contributed by atoms with Crippen LogP contribution in [0.3, 0.4) is 0 Å². The molecule has 4 rings (SSSR count). The minimum Gasteiger partial charge on any atom is -0.478 e. The van der Waals surface area contributed by atoms with Gasteiger partial charge in [-0.05, 0) is 30.1 Å². The number of aliphatic carboxylic acids is 1. The number of piperazine rings is 1. The molecule has 0 bridgehead atoms. The van der Waals surface area contributed by atoms with Gasteiger partial charge in [0.1, 0.15) is 12.3 Å². The van der Waals surface area contributed by atoms with Gasteiger partial charge in [0, 0.05) is 17.7 Å². The summed E-state index contributed by atoms with van der Waals surface area (Å²) in [6, 6.07) is -0.286. The number of fused-ring (bicyclic) bond motifs is 1. The van der Waals surface area contributed by atoms with Crippen molar-refractivity contribution in [2.75, 3.05) is 52.9 Å². The number of carboxylic acids is 1. The molecule has 1 saturated carbocycles. The van der Waals surface area contributed by atoms with Crippen LogP contribution in [0.2, 0.25) is 0 Å². The summed E-state index contributed by atoms with van der Waals surface area (Å²) in [7, 11) is 2.11. The van der Waals surface area contributed by atoms with Gasteiger partial charge in [-0.2, -0.15) is 0 Å². The van der Waals surface area contributed by atoms with Crippen LogP contribution in [0.1, 0.15) is 20.3 Å². The molecule has 2 aliphatic heterocycles. The van der Waals surface area contributed by atoms with E-state index in [1.165, 1.54) is 11.8 Å². The van der Waals surface area contributed by atoms with E-state index in [1.54, 1.807) is 6.92 Å². The molecule has 0 spiro atoms. The van der Waals surface area contributed by atoms with E-state index in [0.29, 0.717) is 32.6 Å². The third kappa shape index (κ3) is 4.36. The number of carboxylic acid groups (broad SMARTS) is 1. The number of hydrogen-bond acceptors (Lipinski definition) is 7. The Kier molecular flexibility index (Phi) is 6.95.